The van der Waals surface area contributed by atoms with Crippen LogP contribution in [0.4, 0.5) is 10.1 Å². The number of aliphatic imine (C=N–C) groups is 1. The first-order valence-corrected chi connectivity index (χ1v) is 7.16. The van der Waals surface area contributed by atoms with Gasteiger partial charge in [-0.3, -0.25) is 4.99 Å². The molecule has 0 aliphatic rings. The van der Waals surface area contributed by atoms with Crippen molar-refractivity contribution in [3.8, 4) is 6.07 Å². The molecule has 0 aliphatic heterocycles. The van der Waals surface area contributed by atoms with Gasteiger partial charge < -0.3 is 0 Å². The van der Waals surface area contributed by atoms with E-state index in [1.54, 1.807) is 18.4 Å². The zero-order valence-corrected chi connectivity index (χ0v) is 12.5. The van der Waals surface area contributed by atoms with Crippen molar-refractivity contribution in [2.45, 2.75) is 19.8 Å². The largest absolute Gasteiger partial charge is 0.256 e. The first-order valence-electron chi connectivity index (χ1n) is 7.16. The van der Waals surface area contributed by atoms with Gasteiger partial charge in [0.15, 0.2) is 0 Å². The molecular weight excluding hydrogens is 275 g/mol. The molecule has 0 bridgehead atoms. The van der Waals surface area contributed by atoms with E-state index in [-0.39, 0.29) is 5.56 Å². The molecule has 0 N–H and O–H groups in total. The van der Waals surface area contributed by atoms with Crippen molar-refractivity contribution in [2.24, 2.45) is 4.99 Å². The van der Waals surface area contributed by atoms with Gasteiger partial charge in [-0.15, -0.1) is 0 Å². The molecule has 0 aromatic heterocycles. The smallest absolute Gasteiger partial charge is 0.143 e. The maximum absolute atomic E-state index is 13.5. The molecule has 0 aliphatic carbocycles. The highest BCUT2D eigenvalue weighted by molar-refractivity contribution is 5.82. The Labute approximate surface area is 130 Å². The van der Waals surface area contributed by atoms with E-state index in [2.05, 4.69) is 29.3 Å². The molecular formula is C19H17FN2. The van der Waals surface area contributed by atoms with Crippen molar-refractivity contribution >= 4 is 11.9 Å². The van der Waals surface area contributed by atoms with E-state index < -0.39 is 5.82 Å². The average molecular weight is 292 g/mol. The van der Waals surface area contributed by atoms with E-state index in [4.69, 9.17) is 5.26 Å². The number of benzene rings is 2. The van der Waals surface area contributed by atoms with Crippen LogP contribution >= 0.6 is 0 Å². The van der Waals surface area contributed by atoms with Crippen molar-refractivity contribution in [2.75, 3.05) is 0 Å². The van der Waals surface area contributed by atoms with Gasteiger partial charge in [0.25, 0.3) is 0 Å². The van der Waals surface area contributed by atoms with E-state index in [0.717, 1.165) is 18.4 Å². The first-order chi connectivity index (χ1) is 10.7. The fourth-order valence-electron chi connectivity index (χ4n) is 2.01. The fraction of sp³-hybridized carbons (Fsp3) is 0.158. The van der Waals surface area contributed by atoms with Crippen molar-refractivity contribution in [3.05, 3.63) is 77.1 Å². The highest BCUT2D eigenvalue weighted by Crippen LogP contribution is 2.16. The zero-order chi connectivity index (χ0) is 15.8. The second-order valence-corrected chi connectivity index (χ2v) is 4.88. The Morgan fingerprint density at radius 3 is 2.59 bits per heavy atom. The molecule has 2 aromatic carbocycles. The number of nitriles is 1. The molecule has 0 spiro atoms. The van der Waals surface area contributed by atoms with Gasteiger partial charge in [0, 0.05) is 12.3 Å². The molecule has 0 saturated carbocycles. The van der Waals surface area contributed by atoms with Crippen LogP contribution in [0.5, 0.6) is 0 Å². The third-order valence-electron chi connectivity index (χ3n) is 3.25. The summed E-state index contributed by atoms with van der Waals surface area (Å²) in [7, 11) is 0. The Bertz CT molecular complexity index is 722. The normalized spacial score (nSPS) is 11.1. The topological polar surface area (TPSA) is 36.1 Å². The highest BCUT2D eigenvalue weighted by Gasteiger charge is 2.01. The third kappa shape index (κ3) is 4.39. The number of allylic oxidation sites excluding steroid dienone is 2. The number of aryl methyl sites for hydroxylation is 1. The molecule has 22 heavy (non-hydrogen) atoms. The number of hydrogen-bond donors (Lipinski definition) is 0. The van der Waals surface area contributed by atoms with Gasteiger partial charge in [-0.2, -0.15) is 5.26 Å². The highest BCUT2D eigenvalue weighted by atomic mass is 19.1. The Balaban J connectivity index is 2.04. The molecule has 0 unspecified atom stereocenters. The zero-order valence-electron chi connectivity index (χ0n) is 12.5. The Morgan fingerprint density at radius 2 is 1.95 bits per heavy atom. The van der Waals surface area contributed by atoms with Crippen molar-refractivity contribution in [3.63, 3.8) is 0 Å². The summed E-state index contributed by atoms with van der Waals surface area (Å²) in [6.45, 7) is 2.02. The van der Waals surface area contributed by atoms with Gasteiger partial charge in [-0.05, 0) is 43.0 Å². The summed E-state index contributed by atoms with van der Waals surface area (Å²) in [5, 5.41) is 8.69. The molecule has 2 aromatic rings. The van der Waals surface area contributed by atoms with Crippen LogP contribution in [0, 0.1) is 17.1 Å². The van der Waals surface area contributed by atoms with Crippen LogP contribution in [0.2, 0.25) is 0 Å². The lowest BCUT2D eigenvalue weighted by Crippen LogP contribution is -1.86. The average Bonchev–Trinajstić information content (AvgIpc) is 2.54. The summed E-state index contributed by atoms with van der Waals surface area (Å²) in [4.78, 5) is 4.23. The lowest BCUT2D eigenvalue weighted by molar-refractivity contribution is 0.624. The third-order valence-corrected chi connectivity index (χ3v) is 3.25. The molecule has 0 fully saturated rings. The lowest BCUT2D eigenvalue weighted by atomic mass is 10.1. The maximum Gasteiger partial charge on any atom is 0.143 e. The molecule has 110 valence electrons. The number of rotatable bonds is 5. The van der Waals surface area contributed by atoms with Gasteiger partial charge >= 0.3 is 0 Å². The second-order valence-electron chi connectivity index (χ2n) is 4.88. The van der Waals surface area contributed by atoms with Crippen LogP contribution < -0.4 is 0 Å². The summed E-state index contributed by atoms with van der Waals surface area (Å²) in [6, 6.07) is 14.3. The van der Waals surface area contributed by atoms with Gasteiger partial charge in [-0.25, -0.2) is 4.39 Å². The molecule has 0 saturated heterocycles. The van der Waals surface area contributed by atoms with Crippen LogP contribution in [-0.4, -0.2) is 6.21 Å². The minimum Gasteiger partial charge on any atom is -0.256 e. The number of halogens is 1. The molecule has 0 radical (unpaired) electrons. The van der Waals surface area contributed by atoms with Crippen LogP contribution in [0.15, 0.2) is 59.6 Å². The van der Waals surface area contributed by atoms with Crippen molar-refractivity contribution < 1.29 is 4.39 Å². The molecule has 0 atom stereocenters. The standard InChI is InChI=1S/C19H17FN2/c1-2-3-4-5-15-6-8-16(9-7-15)14-22-18-11-10-17(13-21)19(20)12-18/h2-3,6-12,14H,4-5H2,1H3/b3-2+,22-14?. The van der Waals surface area contributed by atoms with Crippen LogP contribution in [0.3, 0.4) is 0 Å². The predicted octanol–water partition coefficient (Wildman–Crippen LogP) is 4.96. The SMILES string of the molecule is C/C=C/CCc1ccc(C=Nc2ccc(C#N)c(F)c2)cc1. The number of nitrogens with zero attached hydrogens (tertiary/aromatic N) is 2. The Hall–Kier alpha value is -2.73. The van der Waals surface area contributed by atoms with Gasteiger partial charge in [0.2, 0.25) is 0 Å². The van der Waals surface area contributed by atoms with Crippen molar-refractivity contribution in [1.82, 2.24) is 0 Å². The van der Waals surface area contributed by atoms with Crippen molar-refractivity contribution in [1.29, 1.82) is 5.26 Å². The molecule has 2 rings (SSSR count). The summed E-state index contributed by atoms with van der Waals surface area (Å²) < 4.78 is 13.5. The monoisotopic (exact) mass is 292 g/mol. The summed E-state index contributed by atoms with van der Waals surface area (Å²) in [5.74, 6) is -0.545. The first kappa shape index (κ1) is 15.7. The van der Waals surface area contributed by atoms with E-state index in [1.165, 1.54) is 17.7 Å². The van der Waals surface area contributed by atoms with Gasteiger partial charge in [-0.1, -0.05) is 36.4 Å². The van der Waals surface area contributed by atoms with E-state index in [9.17, 15) is 4.39 Å². The van der Waals surface area contributed by atoms with E-state index >= 15 is 0 Å². The lowest BCUT2D eigenvalue weighted by Gasteiger charge is -2.00. The fourth-order valence-corrected chi connectivity index (χ4v) is 2.01. The van der Waals surface area contributed by atoms with Crippen LogP contribution in [-0.2, 0) is 6.42 Å². The van der Waals surface area contributed by atoms with E-state index in [1.807, 2.05) is 19.1 Å². The van der Waals surface area contributed by atoms with Gasteiger partial charge in [0.05, 0.1) is 11.3 Å². The van der Waals surface area contributed by atoms with Crippen LogP contribution in [0.1, 0.15) is 30.0 Å². The molecule has 3 heteroatoms. The predicted molar refractivity (Wildman–Crippen MR) is 87.9 cm³/mol. The van der Waals surface area contributed by atoms with Gasteiger partial charge in [0.1, 0.15) is 11.9 Å². The summed E-state index contributed by atoms with van der Waals surface area (Å²) in [6.07, 6.45) is 7.94. The number of hydrogen-bond acceptors (Lipinski definition) is 2. The van der Waals surface area contributed by atoms with E-state index in [0.29, 0.717) is 5.69 Å². The molecule has 0 amide bonds. The quantitative estimate of drug-likeness (QED) is 0.567. The minimum absolute atomic E-state index is 0.0319. The second kappa shape index (κ2) is 7.90. The molecule has 0 heterocycles. The minimum atomic E-state index is -0.545. The summed E-state index contributed by atoms with van der Waals surface area (Å²) in [5.41, 5.74) is 2.76. The summed E-state index contributed by atoms with van der Waals surface area (Å²) >= 11 is 0. The Morgan fingerprint density at radius 1 is 1.18 bits per heavy atom. The maximum atomic E-state index is 13.5. The Kier molecular flexibility index (Phi) is 5.62. The van der Waals surface area contributed by atoms with Crippen LogP contribution in [0.25, 0.3) is 0 Å². The molecule has 2 nitrogen and oxygen atoms in total.